The predicted molar refractivity (Wildman–Crippen MR) is 93.8 cm³/mol. The number of hydrogen-bond donors (Lipinski definition) is 1. The van der Waals surface area contributed by atoms with Crippen molar-refractivity contribution in [2.45, 2.75) is 32.8 Å². The molecule has 0 unspecified atom stereocenters. The topological polar surface area (TPSA) is 77.1 Å². The Kier molecular flexibility index (Phi) is 6.78. The summed E-state index contributed by atoms with van der Waals surface area (Å²) in [4.78, 5) is 26.0. The number of nitrogens with zero attached hydrogens (tertiary/aromatic N) is 1. The lowest BCUT2D eigenvalue weighted by Gasteiger charge is -2.26. The second kappa shape index (κ2) is 8.82. The Labute approximate surface area is 148 Å². The lowest BCUT2D eigenvalue weighted by Crippen LogP contribution is -2.38. The van der Waals surface area contributed by atoms with Crippen LogP contribution in [-0.2, 0) is 14.3 Å². The monoisotopic (exact) mass is 350 g/mol. The van der Waals surface area contributed by atoms with E-state index in [1.807, 2.05) is 0 Å². The van der Waals surface area contributed by atoms with Gasteiger partial charge in [0.1, 0.15) is 11.4 Å². The van der Waals surface area contributed by atoms with Gasteiger partial charge in [-0.3, -0.25) is 9.69 Å². The molecule has 2 rings (SSSR count). The van der Waals surface area contributed by atoms with E-state index in [9.17, 15) is 9.59 Å². The van der Waals surface area contributed by atoms with Gasteiger partial charge in [0.2, 0.25) is 5.91 Å². The second-order valence-corrected chi connectivity index (χ2v) is 6.85. The zero-order valence-electron chi connectivity index (χ0n) is 15.0. The van der Waals surface area contributed by atoms with Crippen molar-refractivity contribution in [1.29, 1.82) is 0 Å². The lowest BCUT2D eigenvalue weighted by atomic mass is 10.2. The number of nitrogens with one attached hydrogen (secondary N) is 1. The van der Waals surface area contributed by atoms with Gasteiger partial charge in [-0.1, -0.05) is 6.07 Å². The van der Waals surface area contributed by atoms with Gasteiger partial charge in [0, 0.05) is 37.8 Å². The maximum absolute atomic E-state index is 12.1. The minimum atomic E-state index is -0.775. The number of morpholine rings is 1. The van der Waals surface area contributed by atoms with Crippen molar-refractivity contribution in [3.63, 3.8) is 0 Å². The van der Waals surface area contributed by atoms with Gasteiger partial charge in [0.15, 0.2) is 0 Å². The third kappa shape index (κ3) is 7.53. The summed E-state index contributed by atoms with van der Waals surface area (Å²) in [6, 6.07) is 6.68. The van der Waals surface area contributed by atoms with Crippen LogP contribution in [0.5, 0.6) is 5.75 Å². The van der Waals surface area contributed by atoms with E-state index in [1.165, 1.54) is 0 Å². The summed E-state index contributed by atoms with van der Waals surface area (Å²) in [6.45, 7) is 9.12. The maximum atomic E-state index is 12.1. The molecule has 25 heavy (non-hydrogen) atoms. The highest BCUT2D eigenvalue weighted by Gasteiger charge is 2.18. The summed E-state index contributed by atoms with van der Waals surface area (Å²) in [7, 11) is 0. The number of amides is 1. The zero-order chi connectivity index (χ0) is 18.3. The summed E-state index contributed by atoms with van der Waals surface area (Å²) < 4.78 is 15.5. The fourth-order valence-electron chi connectivity index (χ4n) is 2.31. The van der Waals surface area contributed by atoms with E-state index in [2.05, 4.69) is 10.2 Å². The van der Waals surface area contributed by atoms with Gasteiger partial charge < -0.3 is 19.5 Å². The number of anilines is 1. The fourth-order valence-corrected chi connectivity index (χ4v) is 2.31. The molecule has 1 heterocycles. The molecule has 1 amide bonds. The number of rotatable bonds is 5. The van der Waals surface area contributed by atoms with Crippen molar-refractivity contribution in [2.75, 3.05) is 38.2 Å². The van der Waals surface area contributed by atoms with E-state index in [0.29, 0.717) is 37.6 Å². The Bertz CT molecular complexity index is 591. The van der Waals surface area contributed by atoms with Crippen molar-refractivity contribution in [3.8, 4) is 5.75 Å². The first-order valence-electron chi connectivity index (χ1n) is 8.43. The largest absolute Gasteiger partial charge is 0.514 e. The predicted octanol–water partition coefficient (Wildman–Crippen LogP) is 2.66. The molecule has 0 aromatic heterocycles. The van der Waals surface area contributed by atoms with E-state index in [-0.39, 0.29) is 5.91 Å². The number of ether oxygens (including phenoxy) is 3. The first-order valence-corrected chi connectivity index (χ1v) is 8.43. The highest BCUT2D eigenvalue weighted by molar-refractivity contribution is 5.91. The first-order chi connectivity index (χ1) is 11.8. The fraction of sp³-hybridized carbons (Fsp3) is 0.556. The third-order valence-corrected chi connectivity index (χ3v) is 3.47. The van der Waals surface area contributed by atoms with Crippen LogP contribution in [0.15, 0.2) is 24.3 Å². The van der Waals surface area contributed by atoms with Crippen LogP contribution in [0.3, 0.4) is 0 Å². The smallest absolute Gasteiger partial charge is 0.428 e. The van der Waals surface area contributed by atoms with Gasteiger partial charge in [-0.15, -0.1) is 0 Å². The first kappa shape index (κ1) is 19.2. The van der Waals surface area contributed by atoms with Gasteiger partial charge in [-0.25, -0.2) is 4.79 Å². The Morgan fingerprint density at radius 1 is 1.24 bits per heavy atom. The zero-order valence-corrected chi connectivity index (χ0v) is 15.0. The third-order valence-electron chi connectivity index (χ3n) is 3.47. The van der Waals surface area contributed by atoms with Crippen LogP contribution in [-0.4, -0.2) is 55.4 Å². The molecule has 0 aliphatic carbocycles. The van der Waals surface area contributed by atoms with Crippen molar-refractivity contribution >= 4 is 17.7 Å². The standard InChI is InChI=1S/C18H26N2O5/c1-18(2,3)25-17(22)24-15-6-4-5-14(13-15)19-16(21)7-8-20-9-11-23-12-10-20/h4-6,13H,7-12H2,1-3H3,(H,19,21). The molecule has 1 aliphatic heterocycles. The molecule has 0 spiro atoms. The molecule has 0 saturated carbocycles. The molecule has 1 aromatic rings. The molecule has 1 N–H and O–H groups in total. The molecule has 0 atom stereocenters. The minimum absolute atomic E-state index is 0.0825. The average Bonchev–Trinajstić information content (AvgIpc) is 2.52. The van der Waals surface area contributed by atoms with E-state index in [0.717, 1.165) is 13.1 Å². The van der Waals surface area contributed by atoms with Crippen LogP contribution in [0.2, 0.25) is 0 Å². The molecule has 0 radical (unpaired) electrons. The van der Waals surface area contributed by atoms with Crippen LogP contribution in [0.4, 0.5) is 10.5 Å². The number of hydrogen-bond acceptors (Lipinski definition) is 6. The quantitative estimate of drug-likeness (QED) is 0.650. The molecular weight excluding hydrogens is 324 g/mol. The molecule has 138 valence electrons. The molecule has 7 nitrogen and oxygen atoms in total. The summed E-state index contributed by atoms with van der Waals surface area (Å²) in [6.07, 6.45) is -0.375. The van der Waals surface area contributed by atoms with E-state index >= 15 is 0 Å². The summed E-state index contributed by atoms with van der Waals surface area (Å²) in [5.74, 6) is 0.237. The van der Waals surface area contributed by atoms with Crippen molar-refractivity contribution in [3.05, 3.63) is 24.3 Å². The molecule has 1 saturated heterocycles. The molecular formula is C18H26N2O5. The summed E-state index contributed by atoms with van der Waals surface area (Å²) in [5.41, 5.74) is -0.0457. The Hall–Kier alpha value is -2.12. The molecule has 1 aliphatic rings. The lowest BCUT2D eigenvalue weighted by molar-refractivity contribution is -0.116. The van der Waals surface area contributed by atoms with Gasteiger partial charge in [-0.05, 0) is 32.9 Å². The van der Waals surface area contributed by atoms with Gasteiger partial charge in [-0.2, -0.15) is 0 Å². The van der Waals surface area contributed by atoms with Crippen molar-refractivity contribution in [2.24, 2.45) is 0 Å². The van der Waals surface area contributed by atoms with Gasteiger partial charge in [0.25, 0.3) is 0 Å². The Balaban J connectivity index is 1.81. The van der Waals surface area contributed by atoms with Gasteiger partial charge >= 0.3 is 6.16 Å². The summed E-state index contributed by atoms with van der Waals surface area (Å²) >= 11 is 0. The summed E-state index contributed by atoms with van der Waals surface area (Å²) in [5, 5.41) is 2.81. The molecule has 1 aromatic carbocycles. The SMILES string of the molecule is CC(C)(C)OC(=O)Oc1cccc(NC(=O)CCN2CCOCC2)c1. The van der Waals surface area contributed by atoms with Crippen LogP contribution in [0, 0.1) is 0 Å². The van der Waals surface area contributed by atoms with Crippen LogP contribution in [0.1, 0.15) is 27.2 Å². The molecule has 1 fully saturated rings. The van der Waals surface area contributed by atoms with Crippen molar-refractivity contribution in [1.82, 2.24) is 4.90 Å². The van der Waals surface area contributed by atoms with Crippen LogP contribution < -0.4 is 10.1 Å². The Morgan fingerprint density at radius 3 is 2.64 bits per heavy atom. The normalized spacial score (nSPS) is 15.5. The Morgan fingerprint density at radius 2 is 1.96 bits per heavy atom. The molecule has 0 bridgehead atoms. The van der Waals surface area contributed by atoms with E-state index in [4.69, 9.17) is 14.2 Å². The van der Waals surface area contributed by atoms with E-state index < -0.39 is 11.8 Å². The van der Waals surface area contributed by atoms with Crippen LogP contribution in [0.25, 0.3) is 0 Å². The highest BCUT2D eigenvalue weighted by atomic mass is 16.7. The number of carbonyl (C=O) groups excluding carboxylic acids is 2. The number of benzene rings is 1. The van der Waals surface area contributed by atoms with E-state index in [1.54, 1.807) is 45.0 Å². The minimum Gasteiger partial charge on any atom is -0.428 e. The van der Waals surface area contributed by atoms with Gasteiger partial charge in [0.05, 0.1) is 13.2 Å². The average molecular weight is 350 g/mol. The number of carbonyl (C=O) groups is 2. The van der Waals surface area contributed by atoms with Crippen molar-refractivity contribution < 1.29 is 23.8 Å². The second-order valence-electron chi connectivity index (χ2n) is 6.85. The molecule has 7 heteroatoms. The highest BCUT2D eigenvalue weighted by Crippen LogP contribution is 2.19. The maximum Gasteiger partial charge on any atom is 0.514 e. The van der Waals surface area contributed by atoms with Crippen LogP contribution >= 0.6 is 0 Å².